The zero-order valence-electron chi connectivity index (χ0n) is 6.99. The lowest BCUT2D eigenvalue weighted by molar-refractivity contribution is 0.120. The van der Waals surface area contributed by atoms with Crippen LogP contribution in [0.25, 0.3) is 0 Å². The molecule has 0 amide bonds. The summed E-state index contributed by atoms with van der Waals surface area (Å²) in [6.07, 6.45) is 0. The summed E-state index contributed by atoms with van der Waals surface area (Å²) in [6.45, 7) is 2.87. The van der Waals surface area contributed by atoms with E-state index < -0.39 is 0 Å². The van der Waals surface area contributed by atoms with Crippen molar-refractivity contribution in [3.05, 3.63) is 5.02 Å². The summed E-state index contributed by atoms with van der Waals surface area (Å²) in [4.78, 5) is 1.97. The number of nitrogens with zero attached hydrogens (tertiary/aromatic N) is 2. The topological polar surface area (TPSA) is 64.5 Å². The van der Waals surface area contributed by atoms with E-state index in [1.54, 1.807) is 0 Å². The molecule has 1 saturated heterocycles. The van der Waals surface area contributed by atoms with E-state index in [-0.39, 0.29) is 5.82 Å². The maximum atomic E-state index is 5.88. The van der Waals surface area contributed by atoms with E-state index >= 15 is 0 Å². The molecule has 2 rings (SSSR count). The van der Waals surface area contributed by atoms with Crippen molar-refractivity contribution in [1.29, 1.82) is 0 Å². The van der Waals surface area contributed by atoms with E-state index in [9.17, 15) is 0 Å². The molecule has 0 aliphatic carbocycles. The molecule has 0 spiro atoms. The standard InChI is InChI=1S/C7H10ClN3O2/c8-5-6(9)10-13-7(5)11-1-3-12-4-2-11/h1-4H2,(H2,9,10). The summed E-state index contributed by atoms with van der Waals surface area (Å²) in [5, 5.41) is 3.97. The Kier molecular flexibility index (Phi) is 2.28. The van der Waals surface area contributed by atoms with Crippen LogP contribution in [0.2, 0.25) is 5.02 Å². The van der Waals surface area contributed by atoms with Gasteiger partial charge in [0, 0.05) is 13.1 Å². The number of hydrogen-bond acceptors (Lipinski definition) is 5. The van der Waals surface area contributed by atoms with Gasteiger partial charge in [0.2, 0.25) is 5.88 Å². The first-order valence-electron chi connectivity index (χ1n) is 4.02. The molecule has 72 valence electrons. The Hall–Kier alpha value is -0.940. The van der Waals surface area contributed by atoms with Crippen molar-refractivity contribution in [2.75, 3.05) is 36.9 Å². The number of hydrogen-bond donors (Lipinski definition) is 1. The Balaban J connectivity index is 2.18. The van der Waals surface area contributed by atoms with Crippen molar-refractivity contribution < 1.29 is 9.26 Å². The molecule has 0 unspecified atom stereocenters. The largest absolute Gasteiger partial charge is 0.380 e. The van der Waals surface area contributed by atoms with Crippen LogP contribution in [0.3, 0.4) is 0 Å². The molecular formula is C7H10ClN3O2. The number of anilines is 2. The number of ether oxygens (including phenoxy) is 1. The van der Waals surface area contributed by atoms with Crippen LogP contribution in [0, 0.1) is 0 Å². The SMILES string of the molecule is Nc1noc(N2CCOCC2)c1Cl. The number of morpholine rings is 1. The zero-order valence-corrected chi connectivity index (χ0v) is 7.75. The molecule has 0 saturated carbocycles. The maximum absolute atomic E-state index is 5.88. The van der Waals surface area contributed by atoms with Gasteiger partial charge in [-0.25, -0.2) is 0 Å². The Labute approximate surface area is 80.4 Å². The van der Waals surface area contributed by atoms with Gasteiger partial charge >= 0.3 is 0 Å². The molecule has 0 atom stereocenters. The van der Waals surface area contributed by atoms with Crippen molar-refractivity contribution in [1.82, 2.24) is 5.16 Å². The van der Waals surface area contributed by atoms with Gasteiger partial charge in [-0.1, -0.05) is 16.8 Å². The summed E-state index contributed by atoms with van der Waals surface area (Å²) in [6, 6.07) is 0. The first kappa shape index (κ1) is 8.65. The number of rotatable bonds is 1. The van der Waals surface area contributed by atoms with Crippen LogP contribution in [0.15, 0.2) is 4.52 Å². The first-order chi connectivity index (χ1) is 6.29. The van der Waals surface area contributed by atoms with Gasteiger partial charge < -0.3 is 19.9 Å². The highest BCUT2D eigenvalue weighted by molar-refractivity contribution is 6.35. The van der Waals surface area contributed by atoms with Crippen LogP contribution in [0.5, 0.6) is 0 Å². The van der Waals surface area contributed by atoms with Gasteiger partial charge in [0.1, 0.15) is 5.02 Å². The molecule has 1 aromatic heterocycles. The van der Waals surface area contributed by atoms with E-state index in [1.165, 1.54) is 0 Å². The molecule has 0 bridgehead atoms. The molecule has 2 heterocycles. The smallest absolute Gasteiger partial charge is 0.248 e. The van der Waals surface area contributed by atoms with Crippen LogP contribution in [0.1, 0.15) is 0 Å². The molecule has 1 aliphatic rings. The molecular weight excluding hydrogens is 194 g/mol. The van der Waals surface area contributed by atoms with Gasteiger partial charge in [0.25, 0.3) is 0 Å². The van der Waals surface area contributed by atoms with Crippen LogP contribution in [0.4, 0.5) is 11.7 Å². The molecule has 0 radical (unpaired) electrons. The highest BCUT2D eigenvalue weighted by Crippen LogP contribution is 2.30. The third-order valence-electron chi connectivity index (χ3n) is 1.94. The van der Waals surface area contributed by atoms with Crippen molar-refractivity contribution >= 4 is 23.3 Å². The lowest BCUT2D eigenvalue weighted by Crippen LogP contribution is -2.36. The second-order valence-electron chi connectivity index (χ2n) is 2.79. The fraction of sp³-hybridized carbons (Fsp3) is 0.571. The van der Waals surface area contributed by atoms with Gasteiger partial charge in [-0.3, -0.25) is 0 Å². The van der Waals surface area contributed by atoms with Gasteiger partial charge in [-0.2, -0.15) is 0 Å². The van der Waals surface area contributed by atoms with E-state index in [2.05, 4.69) is 5.16 Å². The first-order valence-corrected chi connectivity index (χ1v) is 4.40. The second-order valence-corrected chi connectivity index (χ2v) is 3.16. The average molecular weight is 204 g/mol. The molecule has 13 heavy (non-hydrogen) atoms. The quantitative estimate of drug-likeness (QED) is 0.730. The van der Waals surface area contributed by atoms with Gasteiger partial charge in [-0.05, 0) is 0 Å². The van der Waals surface area contributed by atoms with Crippen molar-refractivity contribution in [2.24, 2.45) is 0 Å². The highest BCUT2D eigenvalue weighted by atomic mass is 35.5. The van der Waals surface area contributed by atoms with E-state index in [0.717, 1.165) is 13.1 Å². The minimum atomic E-state index is 0.239. The minimum absolute atomic E-state index is 0.239. The van der Waals surface area contributed by atoms with E-state index in [1.807, 2.05) is 4.90 Å². The summed E-state index contributed by atoms with van der Waals surface area (Å²) >= 11 is 5.88. The van der Waals surface area contributed by atoms with E-state index in [0.29, 0.717) is 24.1 Å². The predicted molar refractivity (Wildman–Crippen MR) is 49.0 cm³/mol. The molecule has 1 aliphatic heterocycles. The highest BCUT2D eigenvalue weighted by Gasteiger charge is 2.20. The average Bonchev–Trinajstić information content (AvgIpc) is 2.49. The fourth-order valence-corrected chi connectivity index (χ4v) is 1.43. The predicted octanol–water partition coefficient (Wildman–Crippen LogP) is 0.747. The molecule has 5 nitrogen and oxygen atoms in total. The number of aromatic nitrogens is 1. The number of nitrogens with two attached hydrogens (primary N) is 1. The van der Waals surface area contributed by atoms with Crippen LogP contribution < -0.4 is 10.6 Å². The van der Waals surface area contributed by atoms with Crippen molar-refractivity contribution in [3.63, 3.8) is 0 Å². The molecule has 2 N–H and O–H groups in total. The maximum Gasteiger partial charge on any atom is 0.248 e. The summed E-state index contributed by atoms with van der Waals surface area (Å²) in [5.41, 5.74) is 5.45. The fourth-order valence-electron chi connectivity index (χ4n) is 1.25. The minimum Gasteiger partial charge on any atom is -0.380 e. The summed E-state index contributed by atoms with van der Waals surface area (Å²) in [7, 11) is 0. The third kappa shape index (κ3) is 1.57. The third-order valence-corrected chi connectivity index (χ3v) is 2.30. The van der Waals surface area contributed by atoms with Crippen LogP contribution in [-0.2, 0) is 4.74 Å². The second kappa shape index (κ2) is 3.43. The molecule has 6 heteroatoms. The van der Waals surface area contributed by atoms with Crippen molar-refractivity contribution in [3.8, 4) is 0 Å². The summed E-state index contributed by atoms with van der Waals surface area (Å²) < 4.78 is 10.2. The van der Waals surface area contributed by atoms with E-state index in [4.69, 9.17) is 26.6 Å². The molecule has 1 aromatic rings. The van der Waals surface area contributed by atoms with Gasteiger partial charge in [-0.15, -0.1) is 0 Å². The Morgan fingerprint density at radius 3 is 2.62 bits per heavy atom. The monoisotopic (exact) mass is 203 g/mol. The molecule has 0 aromatic carbocycles. The Morgan fingerprint density at radius 1 is 1.38 bits per heavy atom. The van der Waals surface area contributed by atoms with Crippen molar-refractivity contribution in [2.45, 2.75) is 0 Å². The number of halogens is 1. The van der Waals surface area contributed by atoms with Crippen LogP contribution in [-0.4, -0.2) is 31.5 Å². The number of nitrogen functional groups attached to an aromatic ring is 1. The lowest BCUT2D eigenvalue weighted by atomic mass is 10.4. The molecule has 1 fully saturated rings. The lowest BCUT2D eigenvalue weighted by Gasteiger charge is -2.25. The van der Waals surface area contributed by atoms with Crippen LogP contribution >= 0.6 is 11.6 Å². The normalized spacial score (nSPS) is 17.8. The zero-order chi connectivity index (χ0) is 9.26. The van der Waals surface area contributed by atoms with Gasteiger partial charge in [0.15, 0.2) is 5.82 Å². The van der Waals surface area contributed by atoms with Gasteiger partial charge in [0.05, 0.1) is 13.2 Å². The Bertz CT molecular complexity index is 296. The summed E-state index contributed by atoms with van der Waals surface area (Å²) in [5.74, 6) is 0.783. The Morgan fingerprint density at radius 2 is 2.08 bits per heavy atom.